The predicted molar refractivity (Wildman–Crippen MR) is 81.8 cm³/mol. The van der Waals surface area contributed by atoms with Gasteiger partial charge in [-0.3, -0.25) is 0 Å². The fraction of sp³-hybridized carbons (Fsp3) is 0.643. The SMILES string of the molecule is CCCCC(CC)CNc1sc(C#N)c(N)c1OC. The number of nitrogens with one attached hydrogen (secondary N) is 1. The van der Waals surface area contributed by atoms with Crippen molar-refractivity contribution in [1.29, 1.82) is 5.26 Å². The van der Waals surface area contributed by atoms with E-state index in [2.05, 4.69) is 25.2 Å². The predicted octanol–water partition coefficient (Wildman–Crippen LogP) is 3.84. The maximum Gasteiger partial charge on any atom is 0.177 e. The van der Waals surface area contributed by atoms with Crippen molar-refractivity contribution < 1.29 is 4.74 Å². The van der Waals surface area contributed by atoms with Crippen LogP contribution in [0.1, 0.15) is 44.4 Å². The highest BCUT2D eigenvalue weighted by Crippen LogP contribution is 2.42. The lowest BCUT2D eigenvalue weighted by atomic mass is 9.99. The van der Waals surface area contributed by atoms with Crippen LogP contribution in [0.25, 0.3) is 0 Å². The number of anilines is 2. The van der Waals surface area contributed by atoms with Crippen LogP contribution in [0.2, 0.25) is 0 Å². The fourth-order valence-electron chi connectivity index (χ4n) is 2.01. The number of methoxy groups -OCH3 is 1. The van der Waals surface area contributed by atoms with E-state index in [1.165, 1.54) is 30.6 Å². The van der Waals surface area contributed by atoms with Crippen molar-refractivity contribution in [3.05, 3.63) is 4.88 Å². The molecule has 5 heteroatoms. The Balaban J connectivity index is 2.69. The van der Waals surface area contributed by atoms with Crippen molar-refractivity contribution >= 4 is 22.0 Å². The van der Waals surface area contributed by atoms with Gasteiger partial charge in [0.2, 0.25) is 0 Å². The molecule has 1 aromatic heterocycles. The molecule has 0 amide bonds. The van der Waals surface area contributed by atoms with Gasteiger partial charge in [0.15, 0.2) is 5.75 Å². The van der Waals surface area contributed by atoms with Crippen molar-refractivity contribution in [3.8, 4) is 11.8 Å². The third-order valence-corrected chi connectivity index (χ3v) is 4.35. The van der Waals surface area contributed by atoms with Crippen LogP contribution in [-0.2, 0) is 0 Å². The summed E-state index contributed by atoms with van der Waals surface area (Å²) >= 11 is 1.36. The van der Waals surface area contributed by atoms with Crippen LogP contribution in [0.5, 0.6) is 5.75 Å². The summed E-state index contributed by atoms with van der Waals surface area (Å²) in [6.07, 6.45) is 4.87. The summed E-state index contributed by atoms with van der Waals surface area (Å²) in [5, 5.41) is 13.2. The number of nitrogen functional groups attached to an aromatic ring is 1. The molecule has 0 bridgehead atoms. The van der Waals surface area contributed by atoms with E-state index in [4.69, 9.17) is 15.7 Å². The summed E-state index contributed by atoms with van der Waals surface area (Å²) < 4.78 is 5.28. The highest BCUT2D eigenvalue weighted by Gasteiger charge is 2.17. The monoisotopic (exact) mass is 281 g/mol. The molecule has 4 nitrogen and oxygen atoms in total. The first-order chi connectivity index (χ1) is 9.17. The lowest BCUT2D eigenvalue weighted by Crippen LogP contribution is -2.13. The molecule has 1 rings (SSSR count). The molecular formula is C14H23N3OS. The number of nitriles is 1. The summed E-state index contributed by atoms with van der Waals surface area (Å²) in [5.74, 6) is 1.26. The smallest absolute Gasteiger partial charge is 0.177 e. The van der Waals surface area contributed by atoms with Crippen LogP contribution in [0.15, 0.2) is 0 Å². The first-order valence-corrected chi connectivity index (χ1v) is 7.59. The molecule has 0 aliphatic carbocycles. The van der Waals surface area contributed by atoms with Gasteiger partial charge in [0.05, 0.1) is 7.11 Å². The topological polar surface area (TPSA) is 71.1 Å². The number of hydrogen-bond acceptors (Lipinski definition) is 5. The molecule has 3 N–H and O–H groups in total. The Hall–Kier alpha value is -1.41. The van der Waals surface area contributed by atoms with Gasteiger partial charge < -0.3 is 15.8 Å². The third kappa shape index (κ3) is 4.03. The molecule has 19 heavy (non-hydrogen) atoms. The second kappa shape index (κ2) is 7.90. The number of hydrogen-bond donors (Lipinski definition) is 2. The lowest BCUT2D eigenvalue weighted by molar-refractivity contribution is 0.419. The van der Waals surface area contributed by atoms with E-state index < -0.39 is 0 Å². The molecule has 0 saturated carbocycles. The van der Waals surface area contributed by atoms with Crippen LogP contribution in [0.3, 0.4) is 0 Å². The summed E-state index contributed by atoms with van der Waals surface area (Å²) in [7, 11) is 1.58. The van der Waals surface area contributed by atoms with Gasteiger partial charge in [-0.15, -0.1) is 11.3 Å². The van der Waals surface area contributed by atoms with Gasteiger partial charge in [-0.05, 0) is 12.3 Å². The lowest BCUT2D eigenvalue weighted by Gasteiger charge is -2.15. The van der Waals surface area contributed by atoms with E-state index in [-0.39, 0.29) is 0 Å². The maximum atomic E-state index is 8.99. The van der Waals surface area contributed by atoms with Crippen molar-refractivity contribution in [2.24, 2.45) is 5.92 Å². The minimum absolute atomic E-state index is 0.444. The molecule has 0 spiro atoms. The second-order valence-corrected chi connectivity index (χ2v) is 5.64. The largest absolute Gasteiger partial charge is 0.492 e. The molecular weight excluding hydrogens is 258 g/mol. The first kappa shape index (κ1) is 15.6. The number of nitrogens with zero attached hydrogens (tertiary/aromatic N) is 1. The Morgan fingerprint density at radius 2 is 2.21 bits per heavy atom. The zero-order valence-electron chi connectivity index (χ0n) is 12.0. The Labute approximate surface area is 119 Å². The Morgan fingerprint density at radius 1 is 1.47 bits per heavy atom. The molecule has 106 valence electrons. The second-order valence-electron chi connectivity index (χ2n) is 4.62. The quantitative estimate of drug-likeness (QED) is 0.759. The van der Waals surface area contributed by atoms with Crippen molar-refractivity contribution in [2.45, 2.75) is 39.5 Å². The zero-order chi connectivity index (χ0) is 14.3. The summed E-state index contributed by atoms with van der Waals surface area (Å²) in [6.45, 7) is 5.32. The highest BCUT2D eigenvalue weighted by atomic mass is 32.1. The summed E-state index contributed by atoms with van der Waals surface area (Å²) in [4.78, 5) is 0.515. The van der Waals surface area contributed by atoms with Crippen LogP contribution >= 0.6 is 11.3 Å². The van der Waals surface area contributed by atoms with Gasteiger partial charge in [-0.1, -0.05) is 33.1 Å². The maximum absolute atomic E-state index is 8.99. The number of ether oxygens (including phenoxy) is 1. The van der Waals surface area contributed by atoms with Gasteiger partial charge in [-0.25, -0.2) is 0 Å². The van der Waals surface area contributed by atoms with E-state index in [0.717, 1.165) is 18.0 Å². The zero-order valence-corrected chi connectivity index (χ0v) is 12.8. The van der Waals surface area contributed by atoms with Crippen LogP contribution in [-0.4, -0.2) is 13.7 Å². The van der Waals surface area contributed by atoms with E-state index in [0.29, 0.717) is 22.2 Å². The van der Waals surface area contributed by atoms with Gasteiger partial charge >= 0.3 is 0 Å². The standard InChI is InChI=1S/C14H23N3OS/c1-4-6-7-10(5-2)9-17-14-13(18-3)12(16)11(8-15)19-14/h10,17H,4-7,9,16H2,1-3H3. The van der Waals surface area contributed by atoms with Gasteiger partial charge in [0, 0.05) is 6.54 Å². The number of thiophene rings is 1. The molecule has 0 saturated heterocycles. The molecule has 0 aliphatic rings. The average molecular weight is 281 g/mol. The van der Waals surface area contributed by atoms with Gasteiger partial charge in [-0.2, -0.15) is 5.26 Å². The Kier molecular flexibility index (Phi) is 6.51. The molecule has 0 aromatic carbocycles. The van der Waals surface area contributed by atoms with E-state index in [1.807, 2.05) is 0 Å². The van der Waals surface area contributed by atoms with E-state index >= 15 is 0 Å². The van der Waals surface area contributed by atoms with Gasteiger partial charge in [0.1, 0.15) is 21.6 Å². The van der Waals surface area contributed by atoms with E-state index in [9.17, 15) is 0 Å². The van der Waals surface area contributed by atoms with Crippen molar-refractivity contribution in [3.63, 3.8) is 0 Å². The molecule has 0 fully saturated rings. The van der Waals surface area contributed by atoms with E-state index in [1.54, 1.807) is 7.11 Å². The Morgan fingerprint density at radius 3 is 2.74 bits per heavy atom. The average Bonchev–Trinajstić information content (AvgIpc) is 2.74. The molecule has 1 aromatic rings. The molecule has 0 aliphatic heterocycles. The molecule has 0 radical (unpaired) electrons. The molecule has 1 heterocycles. The van der Waals surface area contributed by atoms with Gasteiger partial charge in [0.25, 0.3) is 0 Å². The summed E-state index contributed by atoms with van der Waals surface area (Å²) in [6, 6.07) is 2.10. The van der Waals surface area contributed by atoms with Crippen LogP contribution < -0.4 is 15.8 Å². The number of unbranched alkanes of at least 4 members (excludes halogenated alkanes) is 1. The molecule has 1 atom stereocenters. The third-order valence-electron chi connectivity index (χ3n) is 3.30. The summed E-state index contributed by atoms with van der Waals surface area (Å²) in [5.41, 5.74) is 6.31. The first-order valence-electron chi connectivity index (χ1n) is 6.78. The minimum atomic E-state index is 0.444. The van der Waals surface area contributed by atoms with Crippen LogP contribution in [0, 0.1) is 17.2 Å². The molecule has 1 unspecified atom stereocenters. The normalized spacial score (nSPS) is 11.9. The minimum Gasteiger partial charge on any atom is -0.492 e. The highest BCUT2D eigenvalue weighted by molar-refractivity contribution is 7.17. The fourth-order valence-corrected chi connectivity index (χ4v) is 2.91. The van der Waals surface area contributed by atoms with Crippen molar-refractivity contribution in [1.82, 2.24) is 0 Å². The number of nitrogens with two attached hydrogens (primary N) is 1. The Bertz CT molecular complexity index is 437. The van der Waals surface area contributed by atoms with Crippen LogP contribution in [0.4, 0.5) is 10.7 Å². The number of rotatable bonds is 8. The van der Waals surface area contributed by atoms with Crippen molar-refractivity contribution in [2.75, 3.05) is 24.7 Å².